The number of pyridine rings is 1. The van der Waals surface area contributed by atoms with Crippen molar-refractivity contribution in [2.75, 3.05) is 56.3 Å². The third-order valence-electron chi connectivity index (χ3n) is 8.64. The Morgan fingerprint density at radius 1 is 1.11 bits per heavy atom. The normalized spacial score (nSPS) is 20.5. The van der Waals surface area contributed by atoms with Gasteiger partial charge in [-0.25, -0.2) is 14.2 Å². The highest BCUT2D eigenvalue weighted by atomic mass is 32.1. The molecule has 0 bridgehead atoms. The fraction of sp³-hybridized carbons (Fsp3) is 0.406. The van der Waals surface area contributed by atoms with Crippen LogP contribution in [0, 0.1) is 5.82 Å². The highest BCUT2D eigenvalue weighted by molar-refractivity contribution is 7.22. The van der Waals surface area contributed by atoms with Crippen molar-refractivity contribution in [2.24, 2.45) is 0 Å². The standard InChI is InChI=1S/C32H33FN4O6S/c1-41-21-8-9-35(14-21)27-7-4-19(11-25(27)33)28-13-29(38)24(31(39)40)17-37(28)20-5-6-26-30(12-20)44-32(34-26)36-15-23(16-36)43-18-22-3-2-10-42-22/h4-7,11-13,17,21-23H,2-3,8-10,14-16,18H2,1H3,(H,39,40). The minimum Gasteiger partial charge on any atom is -0.477 e. The van der Waals surface area contributed by atoms with Crippen molar-refractivity contribution >= 4 is 38.3 Å². The van der Waals surface area contributed by atoms with E-state index >= 15 is 4.39 Å². The molecule has 12 heteroatoms. The van der Waals surface area contributed by atoms with E-state index in [1.807, 2.05) is 23.1 Å². The van der Waals surface area contributed by atoms with Gasteiger partial charge in [0.1, 0.15) is 11.4 Å². The Balaban J connectivity index is 1.16. The molecular formula is C32H33FN4O6S. The summed E-state index contributed by atoms with van der Waals surface area (Å²) in [6.45, 7) is 4.24. The van der Waals surface area contributed by atoms with Crippen molar-refractivity contribution in [2.45, 2.75) is 37.6 Å². The minimum absolute atomic E-state index is 0.0533. The first-order valence-corrected chi connectivity index (χ1v) is 15.6. The van der Waals surface area contributed by atoms with Crippen molar-refractivity contribution < 1.29 is 28.5 Å². The van der Waals surface area contributed by atoms with Gasteiger partial charge < -0.3 is 33.7 Å². The Bertz CT molecular complexity index is 1760. The second kappa shape index (κ2) is 11.9. The maximum atomic E-state index is 15.5. The van der Waals surface area contributed by atoms with Gasteiger partial charge in [-0.05, 0) is 49.6 Å². The third-order valence-corrected chi connectivity index (χ3v) is 9.72. The SMILES string of the molecule is COC1CCN(c2ccc(-c3cc(=O)c(C(=O)O)cn3-c3ccc4nc(N5CC(OCC6CCCO6)C5)sc4c3)cc2F)C1. The lowest BCUT2D eigenvalue weighted by Gasteiger charge is -2.39. The number of carboxylic acids is 1. The van der Waals surface area contributed by atoms with Crippen LogP contribution in [0.1, 0.15) is 29.6 Å². The van der Waals surface area contributed by atoms with Crippen LogP contribution in [0.4, 0.5) is 15.2 Å². The second-order valence-electron chi connectivity index (χ2n) is 11.5. The summed E-state index contributed by atoms with van der Waals surface area (Å²) in [6.07, 6.45) is 4.68. The van der Waals surface area contributed by atoms with Crippen molar-refractivity contribution in [3.63, 3.8) is 0 Å². The molecule has 3 aliphatic heterocycles. The summed E-state index contributed by atoms with van der Waals surface area (Å²) in [6, 6.07) is 11.7. The van der Waals surface area contributed by atoms with Crippen LogP contribution in [0.15, 0.2) is 53.5 Å². The number of rotatable bonds is 9. The third kappa shape index (κ3) is 5.58. The monoisotopic (exact) mass is 620 g/mol. The number of benzene rings is 2. The van der Waals surface area contributed by atoms with Crippen molar-refractivity contribution in [1.29, 1.82) is 0 Å². The van der Waals surface area contributed by atoms with Crippen LogP contribution in [0.2, 0.25) is 0 Å². The predicted octanol–water partition coefficient (Wildman–Crippen LogP) is 4.56. The molecule has 5 heterocycles. The molecule has 0 radical (unpaired) electrons. The number of hydrogen-bond donors (Lipinski definition) is 1. The number of anilines is 2. The molecule has 3 fully saturated rings. The Morgan fingerprint density at radius 2 is 1.95 bits per heavy atom. The smallest absolute Gasteiger partial charge is 0.341 e. The van der Waals surface area contributed by atoms with E-state index in [4.69, 9.17) is 19.2 Å². The van der Waals surface area contributed by atoms with Crippen LogP contribution >= 0.6 is 11.3 Å². The first-order chi connectivity index (χ1) is 21.4. The molecule has 2 aromatic carbocycles. The van der Waals surface area contributed by atoms with Gasteiger partial charge in [0.15, 0.2) is 10.6 Å². The molecule has 3 aliphatic rings. The van der Waals surface area contributed by atoms with Crippen LogP contribution in [0.25, 0.3) is 27.2 Å². The molecule has 3 saturated heterocycles. The number of halogens is 1. The molecule has 10 nitrogen and oxygen atoms in total. The Kier molecular flexibility index (Phi) is 7.83. The lowest BCUT2D eigenvalue weighted by molar-refractivity contribution is -0.0295. The quantitative estimate of drug-likeness (QED) is 0.288. The molecule has 0 amide bonds. The molecule has 0 aliphatic carbocycles. The maximum Gasteiger partial charge on any atom is 0.341 e. The summed E-state index contributed by atoms with van der Waals surface area (Å²) < 4.78 is 35.1. The van der Waals surface area contributed by atoms with Crippen LogP contribution < -0.4 is 15.2 Å². The van der Waals surface area contributed by atoms with E-state index in [0.29, 0.717) is 42.3 Å². The highest BCUT2D eigenvalue weighted by Crippen LogP contribution is 2.35. The van der Waals surface area contributed by atoms with E-state index in [1.165, 1.54) is 29.7 Å². The lowest BCUT2D eigenvalue weighted by atomic mass is 10.1. The molecule has 4 aromatic rings. The number of aromatic carboxylic acids is 1. The zero-order valence-corrected chi connectivity index (χ0v) is 25.1. The Hall–Kier alpha value is -3.84. The predicted molar refractivity (Wildman–Crippen MR) is 166 cm³/mol. The molecular weight excluding hydrogens is 587 g/mol. The van der Waals surface area contributed by atoms with Gasteiger partial charge in [0.2, 0.25) is 0 Å². The Morgan fingerprint density at radius 3 is 2.68 bits per heavy atom. The van der Waals surface area contributed by atoms with Crippen LogP contribution in [0.3, 0.4) is 0 Å². The number of ether oxygens (including phenoxy) is 3. The molecule has 1 N–H and O–H groups in total. The van der Waals surface area contributed by atoms with E-state index in [9.17, 15) is 14.7 Å². The van der Waals surface area contributed by atoms with Crippen LogP contribution in [-0.2, 0) is 14.2 Å². The molecule has 44 heavy (non-hydrogen) atoms. The van der Waals surface area contributed by atoms with Crippen LogP contribution in [0.5, 0.6) is 0 Å². The van der Waals surface area contributed by atoms with Gasteiger partial charge in [-0.15, -0.1) is 0 Å². The molecule has 2 aromatic heterocycles. The summed E-state index contributed by atoms with van der Waals surface area (Å²) in [7, 11) is 1.65. The first-order valence-electron chi connectivity index (χ1n) is 14.8. The number of hydrogen-bond acceptors (Lipinski definition) is 9. The molecule has 0 spiro atoms. The topological polar surface area (TPSA) is 106 Å². The molecule has 230 valence electrons. The first kappa shape index (κ1) is 28.9. The van der Waals surface area contributed by atoms with Gasteiger partial charge in [0.25, 0.3) is 0 Å². The van der Waals surface area contributed by atoms with E-state index in [-0.39, 0.29) is 23.9 Å². The van der Waals surface area contributed by atoms with Gasteiger partial charge >= 0.3 is 5.97 Å². The number of nitrogens with zero attached hydrogens (tertiary/aromatic N) is 4. The van der Waals surface area contributed by atoms with Gasteiger partial charge in [-0.3, -0.25) is 4.79 Å². The number of aromatic nitrogens is 2. The lowest BCUT2D eigenvalue weighted by Crippen LogP contribution is -2.53. The zero-order valence-electron chi connectivity index (χ0n) is 24.3. The molecule has 2 unspecified atom stereocenters. The summed E-state index contributed by atoms with van der Waals surface area (Å²) in [5, 5.41) is 10.6. The maximum absolute atomic E-state index is 15.5. The number of methoxy groups -OCH3 is 1. The van der Waals surface area contributed by atoms with Crippen molar-refractivity contribution in [1.82, 2.24) is 9.55 Å². The summed E-state index contributed by atoms with van der Waals surface area (Å²) >= 11 is 1.54. The number of carboxylic acid groups (broad SMARTS) is 1. The van der Waals surface area contributed by atoms with Gasteiger partial charge in [-0.2, -0.15) is 0 Å². The number of thiazole rings is 1. The second-order valence-corrected chi connectivity index (χ2v) is 12.5. The van der Waals surface area contributed by atoms with Gasteiger partial charge in [0.05, 0.1) is 46.5 Å². The summed E-state index contributed by atoms with van der Waals surface area (Å²) in [4.78, 5) is 33.6. The van der Waals surface area contributed by atoms with Crippen LogP contribution in [-0.4, -0.2) is 85.4 Å². The van der Waals surface area contributed by atoms with E-state index in [1.54, 1.807) is 23.8 Å². The average Bonchev–Trinajstić information content (AvgIpc) is 3.77. The number of carbonyl (C=O) groups is 1. The van der Waals surface area contributed by atoms with E-state index < -0.39 is 17.2 Å². The zero-order chi connectivity index (χ0) is 30.4. The molecule has 7 rings (SSSR count). The largest absolute Gasteiger partial charge is 0.477 e. The minimum atomic E-state index is -1.33. The fourth-order valence-electron chi connectivity index (χ4n) is 6.10. The Labute approximate surface area is 257 Å². The van der Waals surface area contributed by atoms with E-state index in [2.05, 4.69) is 4.90 Å². The fourth-order valence-corrected chi connectivity index (χ4v) is 7.11. The van der Waals surface area contributed by atoms with Gasteiger partial charge in [-0.1, -0.05) is 17.4 Å². The van der Waals surface area contributed by atoms with Crippen molar-refractivity contribution in [3.05, 3.63) is 70.3 Å². The average molecular weight is 621 g/mol. The highest BCUT2D eigenvalue weighted by Gasteiger charge is 2.31. The van der Waals surface area contributed by atoms with Gasteiger partial charge in [0, 0.05) is 63.4 Å². The molecule has 2 atom stereocenters. The summed E-state index contributed by atoms with van der Waals surface area (Å²) in [5.74, 6) is -1.75. The summed E-state index contributed by atoms with van der Waals surface area (Å²) in [5.41, 5.74) is 1.75. The van der Waals surface area contributed by atoms with E-state index in [0.717, 1.165) is 54.3 Å². The molecule has 0 saturated carbocycles. The number of fused-ring (bicyclic) bond motifs is 1. The van der Waals surface area contributed by atoms with Crippen molar-refractivity contribution in [3.8, 4) is 16.9 Å².